The Labute approximate surface area is 286 Å². The molecule has 48 heavy (non-hydrogen) atoms. The van der Waals surface area contributed by atoms with E-state index in [1.165, 1.54) is 26.8 Å². The third-order valence-electron chi connectivity index (χ3n) is 8.23. The molecular weight excluding hydrogens is 659 g/mol. The van der Waals surface area contributed by atoms with Crippen molar-refractivity contribution in [1.29, 1.82) is 0 Å². The number of carbonyl (C=O) groups excluding carboxylic acids is 3. The van der Waals surface area contributed by atoms with Crippen LogP contribution in [0, 0.1) is 20.8 Å². The van der Waals surface area contributed by atoms with Crippen LogP contribution in [-0.4, -0.2) is 64.3 Å². The van der Waals surface area contributed by atoms with Crippen molar-refractivity contribution in [3.8, 4) is 17.1 Å². The summed E-state index contributed by atoms with van der Waals surface area (Å²) < 4.78 is 2.72. The largest absolute Gasteiger partial charge is 0.345 e. The number of hydrogen-bond donors (Lipinski definition) is 0. The van der Waals surface area contributed by atoms with Gasteiger partial charge in [-0.3, -0.25) is 14.4 Å². The van der Waals surface area contributed by atoms with Gasteiger partial charge in [0, 0.05) is 44.6 Å². The van der Waals surface area contributed by atoms with Crippen molar-refractivity contribution >= 4 is 58.0 Å². The van der Waals surface area contributed by atoms with Gasteiger partial charge in [-0.1, -0.05) is 6.92 Å². The number of benzene rings is 3. The third kappa shape index (κ3) is 6.58. The molecule has 0 aliphatic rings. The predicted molar refractivity (Wildman–Crippen MR) is 189 cm³/mol. The van der Waals surface area contributed by atoms with Crippen molar-refractivity contribution in [2.75, 3.05) is 47.6 Å². The molecule has 252 valence electrons. The maximum Gasteiger partial charge on any atom is 0.345 e. The molecule has 1 aromatic heterocycles. The number of amides is 3. The lowest BCUT2D eigenvalue weighted by Crippen LogP contribution is -2.53. The summed E-state index contributed by atoms with van der Waals surface area (Å²) in [7, 11) is 4.75. The minimum absolute atomic E-state index is 0.121. The molecule has 0 radical (unpaired) electrons. The van der Waals surface area contributed by atoms with Gasteiger partial charge in [0.25, 0.3) is 0 Å². The maximum absolute atomic E-state index is 14.3. The van der Waals surface area contributed by atoms with Crippen LogP contribution in [0.5, 0.6) is 0 Å². The average molecular weight is 696 g/mol. The van der Waals surface area contributed by atoms with Crippen molar-refractivity contribution in [2.24, 2.45) is 0 Å². The maximum atomic E-state index is 14.3. The predicted octanol–water partition coefficient (Wildman–Crippen LogP) is 3.84. The minimum atomic E-state index is -0.925. The van der Waals surface area contributed by atoms with Crippen LogP contribution in [-0.2, 0) is 14.4 Å². The van der Waals surface area contributed by atoms with E-state index >= 15 is 0 Å². The van der Waals surface area contributed by atoms with Crippen molar-refractivity contribution in [1.82, 2.24) is 13.7 Å². The number of aromatic nitrogens is 3. The van der Waals surface area contributed by atoms with Crippen LogP contribution in [0.4, 0.5) is 17.1 Å². The molecule has 0 unspecified atom stereocenters. The molecular formula is C34H36Cl2N6O6. The molecule has 0 aliphatic heterocycles. The first kappa shape index (κ1) is 35.9. The highest BCUT2D eigenvalue weighted by atomic mass is 35.5. The summed E-state index contributed by atoms with van der Waals surface area (Å²) in [5.74, 6) is -1.29. The molecule has 3 aromatic carbocycles. The van der Waals surface area contributed by atoms with E-state index < -0.39 is 17.1 Å². The van der Waals surface area contributed by atoms with Crippen molar-refractivity contribution in [2.45, 2.75) is 34.1 Å². The Bertz CT molecular complexity index is 1850. The normalized spacial score (nSPS) is 10.9. The van der Waals surface area contributed by atoms with E-state index in [1.54, 1.807) is 91.3 Å². The van der Waals surface area contributed by atoms with Gasteiger partial charge in [0.2, 0.25) is 17.7 Å². The summed E-state index contributed by atoms with van der Waals surface area (Å²) in [5.41, 5.74) is 0.800. The summed E-state index contributed by atoms with van der Waals surface area (Å²) in [6.45, 7) is 6.79. The summed E-state index contributed by atoms with van der Waals surface area (Å²) in [6, 6.07) is 14.3. The number of hydrogen-bond acceptors (Lipinski definition) is 6. The lowest BCUT2D eigenvalue weighted by Gasteiger charge is -2.21. The number of nitrogens with zero attached hydrogens (tertiary/aromatic N) is 6. The van der Waals surface area contributed by atoms with Gasteiger partial charge in [-0.05, 0) is 92.1 Å². The summed E-state index contributed by atoms with van der Waals surface area (Å²) in [5, 5.41) is 0. The van der Waals surface area contributed by atoms with Crippen LogP contribution in [0.15, 0.2) is 69.0 Å². The summed E-state index contributed by atoms with van der Waals surface area (Å²) in [4.78, 5) is 83.9. The van der Waals surface area contributed by atoms with E-state index in [2.05, 4.69) is 0 Å². The first-order valence-corrected chi connectivity index (χ1v) is 16.0. The molecule has 0 N–H and O–H groups in total. The van der Waals surface area contributed by atoms with Gasteiger partial charge in [-0.25, -0.2) is 28.1 Å². The Hall–Kier alpha value is -4.94. The van der Waals surface area contributed by atoms with Gasteiger partial charge in [-0.15, -0.1) is 23.2 Å². The third-order valence-corrected chi connectivity index (χ3v) is 8.68. The first-order chi connectivity index (χ1) is 22.7. The Balaban J connectivity index is 2.06. The molecule has 14 heteroatoms. The minimum Gasteiger partial charge on any atom is -0.316 e. The van der Waals surface area contributed by atoms with Crippen LogP contribution in [0.25, 0.3) is 17.1 Å². The number of carbonyl (C=O) groups is 3. The van der Waals surface area contributed by atoms with Gasteiger partial charge in [0.05, 0.1) is 17.1 Å². The molecule has 0 fully saturated rings. The van der Waals surface area contributed by atoms with Crippen LogP contribution < -0.4 is 31.8 Å². The van der Waals surface area contributed by atoms with Gasteiger partial charge < -0.3 is 14.7 Å². The van der Waals surface area contributed by atoms with E-state index in [1.807, 2.05) is 0 Å². The van der Waals surface area contributed by atoms with Gasteiger partial charge in [0.15, 0.2) is 0 Å². The molecule has 0 saturated carbocycles. The number of aryl methyl sites for hydroxylation is 3. The van der Waals surface area contributed by atoms with E-state index in [0.29, 0.717) is 33.8 Å². The van der Waals surface area contributed by atoms with Crippen LogP contribution in [0.1, 0.15) is 30.0 Å². The van der Waals surface area contributed by atoms with Gasteiger partial charge in [0.1, 0.15) is 11.8 Å². The Morgan fingerprint density at radius 1 is 0.542 bits per heavy atom. The first-order valence-electron chi connectivity index (χ1n) is 14.9. The zero-order chi connectivity index (χ0) is 35.6. The van der Waals surface area contributed by atoms with Crippen LogP contribution >= 0.6 is 23.2 Å². The average Bonchev–Trinajstić information content (AvgIpc) is 3.07. The second kappa shape index (κ2) is 14.4. The van der Waals surface area contributed by atoms with Gasteiger partial charge >= 0.3 is 17.1 Å². The molecule has 0 saturated heterocycles. The van der Waals surface area contributed by atoms with Crippen molar-refractivity contribution < 1.29 is 14.4 Å². The number of anilines is 3. The lowest BCUT2D eigenvalue weighted by atomic mass is 10.1. The van der Waals surface area contributed by atoms with Crippen molar-refractivity contribution in [3.05, 3.63) is 103 Å². The smallest absolute Gasteiger partial charge is 0.316 e. The van der Waals surface area contributed by atoms with Gasteiger partial charge in [-0.2, -0.15) is 0 Å². The molecule has 0 bridgehead atoms. The second-order valence-electron chi connectivity index (χ2n) is 11.2. The monoisotopic (exact) mass is 694 g/mol. The number of rotatable bonds is 9. The number of halogens is 2. The Morgan fingerprint density at radius 3 is 1.04 bits per heavy atom. The fraction of sp³-hybridized carbons (Fsp3) is 0.294. The van der Waals surface area contributed by atoms with E-state index in [4.69, 9.17) is 23.2 Å². The topological polar surface area (TPSA) is 127 Å². The quantitative estimate of drug-likeness (QED) is 0.245. The molecule has 0 spiro atoms. The highest BCUT2D eigenvalue weighted by molar-refractivity contribution is 6.29. The Morgan fingerprint density at radius 2 is 0.812 bits per heavy atom. The molecule has 4 rings (SSSR count). The van der Waals surface area contributed by atoms with E-state index in [-0.39, 0.29) is 53.0 Å². The molecule has 0 atom stereocenters. The SMILES string of the molecule is CCC(=O)N(C)c1ccc(-n2c(=O)n(-c3ccc(N(C)C(=O)CCl)cc3C)c(=O)n(-c3ccc(N(C)C(=O)CCl)cc3C)c2=O)c(C)c1. The van der Waals surface area contributed by atoms with E-state index in [0.717, 1.165) is 13.7 Å². The number of alkyl halides is 2. The van der Waals surface area contributed by atoms with E-state index in [9.17, 15) is 28.8 Å². The zero-order valence-electron chi connectivity index (χ0n) is 27.7. The highest BCUT2D eigenvalue weighted by Crippen LogP contribution is 2.24. The zero-order valence-corrected chi connectivity index (χ0v) is 29.2. The molecule has 3 amide bonds. The summed E-state index contributed by atoms with van der Waals surface area (Å²) in [6.07, 6.45) is 0.286. The standard InChI is InChI=1S/C34H36Cl2N6O6/c1-8-29(43)37(5)23-9-12-26(20(2)15-23)40-32(46)41(27-13-10-24(16-21(27)3)38(6)30(44)18-35)34(48)42(33(40)47)28-14-11-25(17-22(28)4)39(7)31(45)19-36/h9-17H,8,18-19H2,1-7H3. The fourth-order valence-corrected chi connectivity index (χ4v) is 5.67. The second-order valence-corrected chi connectivity index (χ2v) is 11.8. The Kier molecular flexibility index (Phi) is 10.8. The fourth-order valence-electron chi connectivity index (χ4n) is 5.31. The lowest BCUT2D eigenvalue weighted by molar-refractivity contribution is -0.118. The molecule has 0 aliphatic carbocycles. The molecule has 12 nitrogen and oxygen atoms in total. The highest BCUT2D eigenvalue weighted by Gasteiger charge is 2.24. The summed E-state index contributed by atoms with van der Waals surface area (Å²) >= 11 is 11.5. The van der Waals surface area contributed by atoms with Crippen LogP contribution in [0.2, 0.25) is 0 Å². The van der Waals surface area contributed by atoms with Crippen molar-refractivity contribution in [3.63, 3.8) is 0 Å². The molecule has 4 aromatic rings. The van der Waals surface area contributed by atoms with Crippen LogP contribution in [0.3, 0.4) is 0 Å². The molecule has 1 heterocycles.